The lowest BCUT2D eigenvalue weighted by atomic mass is 9.99. The first-order valence-corrected chi connectivity index (χ1v) is 6.76. The van der Waals surface area contributed by atoms with Crippen LogP contribution in [0.25, 0.3) is 0 Å². The molecule has 2 N–H and O–H groups in total. The summed E-state index contributed by atoms with van der Waals surface area (Å²) < 4.78 is 5.50. The van der Waals surface area contributed by atoms with Crippen LogP contribution in [0.15, 0.2) is 34.9 Å². The van der Waals surface area contributed by atoms with Crippen LogP contribution in [0.4, 0.5) is 0 Å². The van der Waals surface area contributed by atoms with Gasteiger partial charge in [-0.25, -0.2) is 4.98 Å². The molecule has 0 fully saturated rings. The van der Waals surface area contributed by atoms with Crippen molar-refractivity contribution in [3.63, 3.8) is 0 Å². The number of nitrogens with zero attached hydrogens (tertiary/aromatic N) is 1. The molecule has 2 aromatic rings. The average molecular weight is 257 g/mol. The van der Waals surface area contributed by atoms with Crippen LogP contribution in [0.5, 0.6) is 0 Å². The molecule has 0 spiro atoms. The van der Waals surface area contributed by atoms with Crippen molar-refractivity contribution in [1.29, 1.82) is 0 Å². The largest absolute Gasteiger partial charge is 0.445 e. The standard InChI is InChI=1S/C15H19N3O/c1-11-8-18-15(19-11)10-17-14-6-7-16-9-12-4-2-3-5-13(12)14/h2-5,8,14,16-17H,6-7,9-10H2,1H3. The number of benzene rings is 1. The lowest BCUT2D eigenvalue weighted by molar-refractivity contribution is 0.415. The van der Waals surface area contributed by atoms with Crippen molar-refractivity contribution in [3.8, 4) is 0 Å². The molecule has 2 heterocycles. The quantitative estimate of drug-likeness (QED) is 0.886. The maximum atomic E-state index is 5.50. The number of oxazole rings is 1. The summed E-state index contributed by atoms with van der Waals surface area (Å²) in [4.78, 5) is 4.23. The molecule has 0 bridgehead atoms. The Morgan fingerprint density at radius 2 is 2.32 bits per heavy atom. The minimum Gasteiger partial charge on any atom is -0.445 e. The van der Waals surface area contributed by atoms with Gasteiger partial charge in [-0.2, -0.15) is 0 Å². The predicted molar refractivity (Wildman–Crippen MR) is 73.6 cm³/mol. The Balaban J connectivity index is 1.73. The Morgan fingerprint density at radius 3 is 3.16 bits per heavy atom. The van der Waals surface area contributed by atoms with Crippen molar-refractivity contribution < 1.29 is 4.42 Å². The highest BCUT2D eigenvalue weighted by Gasteiger charge is 2.17. The zero-order chi connectivity index (χ0) is 13.1. The number of hydrogen-bond acceptors (Lipinski definition) is 4. The Morgan fingerprint density at radius 1 is 1.42 bits per heavy atom. The van der Waals surface area contributed by atoms with Gasteiger partial charge in [0.25, 0.3) is 0 Å². The van der Waals surface area contributed by atoms with Crippen molar-refractivity contribution in [2.45, 2.75) is 32.5 Å². The van der Waals surface area contributed by atoms with Crippen LogP contribution in [0, 0.1) is 6.92 Å². The minimum atomic E-state index is 0.360. The van der Waals surface area contributed by atoms with Gasteiger partial charge in [-0.1, -0.05) is 24.3 Å². The Bertz CT molecular complexity index is 550. The minimum absolute atomic E-state index is 0.360. The molecule has 0 saturated heterocycles. The SMILES string of the molecule is Cc1cnc(CNC2CCNCc3ccccc32)o1. The van der Waals surface area contributed by atoms with Gasteiger partial charge in [-0.05, 0) is 31.0 Å². The summed E-state index contributed by atoms with van der Waals surface area (Å²) in [5.41, 5.74) is 2.76. The first kappa shape index (κ1) is 12.4. The van der Waals surface area contributed by atoms with Crippen molar-refractivity contribution in [1.82, 2.24) is 15.6 Å². The van der Waals surface area contributed by atoms with E-state index in [1.54, 1.807) is 6.20 Å². The molecule has 4 heteroatoms. The second kappa shape index (κ2) is 5.55. The first-order valence-electron chi connectivity index (χ1n) is 6.76. The molecule has 19 heavy (non-hydrogen) atoms. The van der Waals surface area contributed by atoms with E-state index >= 15 is 0 Å². The molecule has 1 atom stereocenters. The second-order valence-electron chi connectivity index (χ2n) is 4.96. The molecule has 4 nitrogen and oxygen atoms in total. The molecule has 0 saturated carbocycles. The van der Waals surface area contributed by atoms with Gasteiger partial charge >= 0.3 is 0 Å². The van der Waals surface area contributed by atoms with E-state index < -0.39 is 0 Å². The van der Waals surface area contributed by atoms with Crippen LogP contribution in [0.2, 0.25) is 0 Å². The normalized spacial score (nSPS) is 18.9. The summed E-state index contributed by atoms with van der Waals surface area (Å²) in [6, 6.07) is 8.96. The molecule has 100 valence electrons. The van der Waals surface area contributed by atoms with Gasteiger partial charge in [-0.3, -0.25) is 0 Å². The van der Waals surface area contributed by atoms with E-state index in [9.17, 15) is 0 Å². The monoisotopic (exact) mass is 257 g/mol. The van der Waals surface area contributed by atoms with Crippen LogP contribution in [0.1, 0.15) is 35.2 Å². The Labute approximate surface area is 113 Å². The molecule has 0 aliphatic carbocycles. The molecular weight excluding hydrogens is 238 g/mol. The summed E-state index contributed by atoms with van der Waals surface area (Å²) in [5, 5.41) is 7.01. The third-order valence-electron chi connectivity index (χ3n) is 3.52. The summed E-state index contributed by atoms with van der Waals surface area (Å²) in [6.07, 6.45) is 2.84. The van der Waals surface area contributed by atoms with E-state index in [4.69, 9.17) is 4.42 Å². The molecule has 0 amide bonds. The van der Waals surface area contributed by atoms with Crippen molar-refractivity contribution >= 4 is 0 Å². The number of nitrogens with one attached hydrogen (secondary N) is 2. The van der Waals surface area contributed by atoms with Crippen LogP contribution in [0.3, 0.4) is 0 Å². The number of aromatic nitrogens is 1. The van der Waals surface area contributed by atoms with Gasteiger partial charge in [0, 0.05) is 12.6 Å². The van der Waals surface area contributed by atoms with Crippen molar-refractivity contribution in [3.05, 3.63) is 53.2 Å². The van der Waals surface area contributed by atoms with Crippen LogP contribution in [-0.4, -0.2) is 11.5 Å². The molecule has 0 radical (unpaired) electrons. The lowest BCUT2D eigenvalue weighted by Crippen LogP contribution is -2.22. The van der Waals surface area contributed by atoms with Crippen LogP contribution < -0.4 is 10.6 Å². The first-order chi connectivity index (χ1) is 9.33. The molecule has 1 aromatic heterocycles. The third kappa shape index (κ3) is 2.85. The van der Waals surface area contributed by atoms with Crippen LogP contribution in [-0.2, 0) is 13.1 Å². The summed E-state index contributed by atoms with van der Waals surface area (Å²) in [5.74, 6) is 1.62. The molecule has 3 rings (SSSR count). The van der Waals surface area contributed by atoms with Crippen molar-refractivity contribution in [2.24, 2.45) is 0 Å². The van der Waals surface area contributed by atoms with Crippen molar-refractivity contribution in [2.75, 3.05) is 6.54 Å². The fraction of sp³-hybridized carbons (Fsp3) is 0.400. The molecule has 1 aromatic carbocycles. The van der Waals surface area contributed by atoms with Gasteiger partial charge in [0.15, 0.2) is 0 Å². The highest BCUT2D eigenvalue weighted by Crippen LogP contribution is 2.23. The van der Waals surface area contributed by atoms with E-state index in [0.717, 1.165) is 31.2 Å². The fourth-order valence-electron chi connectivity index (χ4n) is 2.57. The zero-order valence-electron chi connectivity index (χ0n) is 11.1. The number of rotatable bonds is 3. The van der Waals surface area contributed by atoms with Gasteiger partial charge in [0.2, 0.25) is 5.89 Å². The topological polar surface area (TPSA) is 50.1 Å². The maximum Gasteiger partial charge on any atom is 0.208 e. The van der Waals surface area contributed by atoms with Crippen LogP contribution >= 0.6 is 0 Å². The van der Waals surface area contributed by atoms with Gasteiger partial charge in [0.05, 0.1) is 12.7 Å². The molecule has 1 aliphatic rings. The number of hydrogen-bond donors (Lipinski definition) is 2. The third-order valence-corrected chi connectivity index (χ3v) is 3.52. The number of aryl methyl sites for hydroxylation is 1. The second-order valence-corrected chi connectivity index (χ2v) is 4.96. The van der Waals surface area contributed by atoms with E-state index in [-0.39, 0.29) is 0 Å². The lowest BCUT2D eigenvalue weighted by Gasteiger charge is -2.18. The van der Waals surface area contributed by atoms with E-state index in [1.807, 2.05) is 6.92 Å². The molecular formula is C15H19N3O. The average Bonchev–Trinajstić information content (AvgIpc) is 2.73. The molecule has 1 unspecified atom stereocenters. The highest BCUT2D eigenvalue weighted by molar-refractivity contribution is 5.31. The van der Waals surface area contributed by atoms with Gasteiger partial charge in [0.1, 0.15) is 5.76 Å². The maximum absolute atomic E-state index is 5.50. The van der Waals surface area contributed by atoms with Gasteiger partial charge < -0.3 is 15.1 Å². The van der Waals surface area contributed by atoms with E-state index in [0.29, 0.717) is 12.6 Å². The van der Waals surface area contributed by atoms with E-state index in [1.165, 1.54) is 11.1 Å². The highest BCUT2D eigenvalue weighted by atomic mass is 16.4. The fourth-order valence-corrected chi connectivity index (χ4v) is 2.57. The Kier molecular flexibility index (Phi) is 3.62. The summed E-state index contributed by atoms with van der Waals surface area (Å²) in [7, 11) is 0. The van der Waals surface area contributed by atoms with Gasteiger partial charge in [-0.15, -0.1) is 0 Å². The zero-order valence-corrected chi connectivity index (χ0v) is 11.1. The number of fused-ring (bicyclic) bond motifs is 1. The molecule has 1 aliphatic heterocycles. The van der Waals surface area contributed by atoms with E-state index in [2.05, 4.69) is 39.9 Å². The summed E-state index contributed by atoms with van der Waals surface area (Å²) in [6.45, 7) is 4.57. The Hall–Kier alpha value is -1.65. The summed E-state index contributed by atoms with van der Waals surface area (Å²) >= 11 is 0. The smallest absolute Gasteiger partial charge is 0.208 e. The predicted octanol–water partition coefficient (Wildman–Crippen LogP) is 2.31.